The first-order chi connectivity index (χ1) is 12.4. The summed E-state index contributed by atoms with van der Waals surface area (Å²) in [7, 11) is 0. The van der Waals surface area contributed by atoms with Crippen molar-refractivity contribution in [2.75, 3.05) is 11.9 Å². The van der Waals surface area contributed by atoms with Gasteiger partial charge in [0, 0.05) is 23.1 Å². The topological polar surface area (TPSA) is 49.4 Å². The smallest absolute Gasteiger partial charge is 0.229 e. The Morgan fingerprint density at radius 2 is 1.88 bits per heavy atom. The molecule has 1 fully saturated rings. The van der Waals surface area contributed by atoms with Gasteiger partial charge in [-0.15, -0.1) is 0 Å². The maximum Gasteiger partial charge on any atom is 0.229 e. The number of benzene rings is 2. The van der Waals surface area contributed by atoms with E-state index in [0.29, 0.717) is 6.54 Å². The van der Waals surface area contributed by atoms with E-state index >= 15 is 0 Å². The second-order valence-electron chi connectivity index (χ2n) is 6.94. The summed E-state index contributed by atoms with van der Waals surface area (Å²) in [6.07, 6.45) is 0.261. The molecular formula is C21H23BrN2O2. The van der Waals surface area contributed by atoms with E-state index in [2.05, 4.69) is 21.2 Å². The Morgan fingerprint density at radius 3 is 2.58 bits per heavy atom. The average Bonchev–Trinajstić information content (AvgIpc) is 3.01. The van der Waals surface area contributed by atoms with Crippen molar-refractivity contribution in [1.29, 1.82) is 0 Å². The highest BCUT2D eigenvalue weighted by molar-refractivity contribution is 9.10. The minimum Gasteiger partial charge on any atom is -0.335 e. The van der Waals surface area contributed by atoms with Crippen LogP contribution in [0.3, 0.4) is 0 Å². The third-order valence-electron chi connectivity index (χ3n) is 5.04. The summed E-state index contributed by atoms with van der Waals surface area (Å²) in [5.41, 5.74) is 3.95. The van der Waals surface area contributed by atoms with Crippen LogP contribution in [0.25, 0.3) is 0 Å². The SMILES string of the molecule is Cc1cc(NC(=O)[C@H]2CC(=O)N([C@@H](C)c3ccccc3)C2)c(C)cc1Br. The molecule has 0 radical (unpaired) electrons. The van der Waals surface area contributed by atoms with Gasteiger partial charge in [-0.05, 0) is 49.6 Å². The third kappa shape index (κ3) is 3.83. The van der Waals surface area contributed by atoms with Crippen LogP contribution in [0.15, 0.2) is 46.9 Å². The molecule has 1 aliphatic rings. The Labute approximate surface area is 162 Å². The molecule has 1 aliphatic heterocycles. The normalized spacial score (nSPS) is 18.1. The summed E-state index contributed by atoms with van der Waals surface area (Å²) in [6, 6.07) is 13.8. The first kappa shape index (κ1) is 18.6. The molecule has 4 nitrogen and oxygen atoms in total. The maximum absolute atomic E-state index is 12.7. The minimum atomic E-state index is -0.322. The van der Waals surface area contributed by atoms with Gasteiger partial charge < -0.3 is 10.2 Å². The van der Waals surface area contributed by atoms with Crippen LogP contribution in [-0.2, 0) is 9.59 Å². The number of likely N-dealkylation sites (tertiary alicyclic amines) is 1. The van der Waals surface area contributed by atoms with E-state index in [0.717, 1.165) is 26.9 Å². The van der Waals surface area contributed by atoms with Gasteiger partial charge in [-0.1, -0.05) is 46.3 Å². The van der Waals surface area contributed by atoms with Gasteiger partial charge in [-0.2, -0.15) is 0 Å². The number of carbonyl (C=O) groups excluding carboxylic acids is 2. The fourth-order valence-corrected chi connectivity index (χ4v) is 3.80. The zero-order valence-electron chi connectivity index (χ0n) is 15.3. The van der Waals surface area contributed by atoms with Crippen molar-refractivity contribution < 1.29 is 9.59 Å². The Kier molecular flexibility index (Phi) is 5.47. The van der Waals surface area contributed by atoms with Crippen LogP contribution >= 0.6 is 15.9 Å². The molecule has 1 heterocycles. The number of aryl methyl sites for hydroxylation is 2. The van der Waals surface area contributed by atoms with Gasteiger partial charge >= 0.3 is 0 Å². The van der Waals surface area contributed by atoms with Crippen molar-refractivity contribution in [2.45, 2.75) is 33.2 Å². The summed E-state index contributed by atoms with van der Waals surface area (Å²) >= 11 is 3.50. The highest BCUT2D eigenvalue weighted by Gasteiger charge is 2.37. The second kappa shape index (κ2) is 7.62. The Morgan fingerprint density at radius 1 is 1.19 bits per heavy atom. The average molecular weight is 415 g/mol. The van der Waals surface area contributed by atoms with Gasteiger partial charge in [0.1, 0.15) is 0 Å². The van der Waals surface area contributed by atoms with E-state index in [1.165, 1.54) is 0 Å². The second-order valence-corrected chi connectivity index (χ2v) is 7.79. The van der Waals surface area contributed by atoms with Crippen LogP contribution in [0, 0.1) is 19.8 Å². The quantitative estimate of drug-likeness (QED) is 0.793. The van der Waals surface area contributed by atoms with Crippen LogP contribution < -0.4 is 5.32 Å². The van der Waals surface area contributed by atoms with Crippen molar-refractivity contribution in [1.82, 2.24) is 4.90 Å². The first-order valence-corrected chi connectivity index (χ1v) is 9.58. The number of hydrogen-bond acceptors (Lipinski definition) is 2. The summed E-state index contributed by atoms with van der Waals surface area (Å²) < 4.78 is 1.02. The molecule has 0 unspecified atom stereocenters. The Hall–Kier alpha value is -2.14. The molecule has 2 aromatic carbocycles. The first-order valence-electron chi connectivity index (χ1n) is 8.79. The summed E-state index contributed by atoms with van der Waals surface area (Å²) in [6.45, 7) is 6.41. The zero-order valence-corrected chi connectivity index (χ0v) is 16.8. The monoisotopic (exact) mass is 414 g/mol. The molecule has 1 N–H and O–H groups in total. The molecular weight excluding hydrogens is 392 g/mol. The fraction of sp³-hybridized carbons (Fsp3) is 0.333. The van der Waals surface area contributed by atoms with E-state index in [9.17, 15) is 9.59 Å². The van der Waals surface area contributed by atoms with Crippen molar-refractivity contribution >= 4 is 33.4 Å². The lowest BCUT2D eigenvalue weighted by Gasteiger charge is -2.25. The molecule has 3 rings (SSSR count). The molecule has 2 aromatic rings. The number of nitrogens with one attached hydrogen (secondary N) is 1. The van der Waals surface area contributed by atoms with Gasteiger partial charge in [-0.25, -0.2) is 0 Å². The van der Waals surface area contributed by atoms with Crippen molar-refractivity contribution in [3.63, 3.8) is 0 Å². The van der Waals surface area contributed by atoms with Gasteiger partial charge in [0.05, 0.1) is 12.0 Å². The molecule has 2 atom stereocenters. The van der Waals surface area contributed by atoms with E-state index < -0.39 is 0 Å². The number of anilines is 1. The minimum absolute atomic E-state index is 0.0295. The summed E-state index contributed by atoms with van der Waals surface area (Å²) in [4.78, 5) is 27.0. The molecule has 2 amide bonds. The van der Waals surface area contributed by atoms with Gasteiger partial charge in [0.25, 0.3) is 0 Å². The number of carbonyl (C=O) groups is 2. The largest absolute Gasteiger partial charge is 0.335 e. The van der Waals surface area contributed by atoms with Crippen LogP contribution in [0.4, 0.5) is 5.69 Å². The molecule has 1 saturated heterocycles. The number of nitrogens with zero attached hydrogens (tertiary/aromatic N) is 1. The lowest BCUT2D eigenvalue weighted by Crippen LogP contribution is -2.30. The summed E-state index contributed by atoms with van der Waals surface area (Å²) in [5.74, 6) is -0.381. The van der Waals surface area contributed by atoms with Crippen molar-refractivity contribution in [3.8, 4) is 0 Å². The van der Waals surface area contributed by atoms with Gasteiger partial charge in [0.15, 0.2) is 0 Å². The highest BCUT2D eigenvalue weighted by Crippen LogP contribution is 2.30. The van der Waals surface area contributed by atoms with Crippen molar-refractivity contribution in [3.05, 3.63) is 63.6 Å². The predicted octanol–water partition coefficient (Wildman–Crippen LogP) is 4.61. The highest BCUT2D eigenvalue weighted by atomic mass is 79.9. The Bertz CT molecular complexity index is 835. The molecule has 0 saturated carbocycles. The van der Waals surface area contributed by atoms with Crippen LogP contribution in [0.2, 0.25) is 0 Å². The van der Waals surface area contributed by atoms with E-state index in [-0.39, 0.29) is 30.2 Å². The van der Waals surface area contributed by atoms with Crippen LogP contribution in [0.1, 0.15) is 36.1 Å². The molecule has 0 spiro atoms. The van der Waals surface area contributed by atoms with Crippen molar-refractivity contribution in [2.24, 2.45) is 5.92 Å². The van der Waals surface area contributed by atoms with Gasteiger partial charge in [-0.3, -0.25) is 9.59 Å². The third-order valence-corrected chi connectivity index (χ3v) is 5.90. The fourth-order valence-electron chi connectivity index (χ4n) is 3.34. The maximum atomic E-state index is 12.7. The lowest BCUT2D eigenvalue weighted by atomic mass is 10.1. The zero-order chi connectivity index (χ0) is 18.8. The molecule has 26 heavy (non-hydrogen) atoms. The number of amides is 2. The molecule has 0 bridgehead atoms. The lowest BCUT2D eigenvalue weighted by molar-refractivity contribution is -0.129. The predicted molar refractivity (Wildman–Crippen MR) is 107 cm³/mol. The Balaban J connectivity index is 1.70. The number of hydrogen-bond donors (Lipinski definition) is 1. The number of rotatable bonds is 4. The molecule has 136 valence electrons. The molecule has 0 aromatic heterocycles. The van der Waals surface area contributed by atoms with E-state index in [4.69, 9.17) is 0 Å². The van der Waals surface area contributed by atoms with Crippen LogP contribution in [0.5, 0.6) is 0 Å². The van der Waals surface area contributed by atoms with Gasteiger partial charge in [0.2, 0.25) is 11.8 Å². The van der Waals surface area contributed by atoms with Crippen LogP contribution in [-0.4, -0.2) is 23.3 Å². The molecule has 5 heteroatoms. The van der Waals surface area contributed by atoms with E-state index in [1.54, 1.807) is 4.90 Å². The summed E-state index contributed by atoms with van der Waals surface area (Å²) in [5, 5.41) is 3.00. The molecule has 0 aliphatic carbocycles. The number of halogens is 1. The van der Waals surface area contributed by atoms with E-state index in [1.807, 2.05) is 63.2 Å². The standard InChI is InChI=1S/C21H23BrN2O2/c1-13-10-19(14(2)9-18(13)22)23-21(26)17-11-20(25)24(12-17)15(3)16-7-5-4-6-8-16/h4-10,15,17H,11-12H2,1-3H3,(H,23,26)/t15-,17-/m0/s1.